The van der Waals surface area contributed by atoms with Crippen molar-refractivity contribution in [3.05, 3.63) is 35.9 Å². The van der Waals surface area contributed by atoms with Crippen LogP contribution >= 0.6 is 0 Å². The normalized spacial score (nSPS) is 12.6. The molecule has 90 valence electrons. The fourth-order valence-electron chi connectivity index (χ4n) is 1.83. The van der Waals surface area contributed by atoms with Crippen molar-refractivity contribution in [1.82, 2.24) is 10.6 Å². The van der Waals surface area contributed by atoms with Crippen LogP contribution in [0.3, 0.4) is 0 Å². The third kappa shape index (κ3) is 5.89. The van der Waals surface area contributed by atoms with Crippen molar-refractivity contribution in [2.24, 2.45) is 0 Å². The molecule has 0 saturated carbocycles. The van der Waals surface area contributed by atoms with Crippen LogP contribution in [0, 0.1) is 0 Å². The summed E-state index contributed by atoms with van der Waals surface area (Å²) < 4.78 is 0. The van der Waals surface area contributed by atoms with Crippen molar-refractivity contribution in [2.45, 2.75) is 32.2 Å². The van der Waals surface area contributed by atoms with Gasteiger partial charge in [-0.15, -0.1) is 0 Å². The molecule has 0 amide bonds. The van der Waals surface area contributed by atoms with E-state index in [-0.39, 0.29) is 0 Å². The predicted octanol–water partition coefficient (Wildman–Crippen LogP) is 2.21. The highest BCUT2D eigenvalue weighted by molar-refractivity contribution is 5.14. The largest absolute Gasteiger partial charge is 0.318 e. The van der Waals surface area contributed by atoms with Crippen molar-refractivity contribution in [3.63, 3.8) is 0 Å². The van der Waals surface area contributed by atoms with Gasteiger partial charge < -0.3 is 10.6 Å². The number of nitrogens with one attached hydrogen (secondary N) is 2. The lowest BCUT2D eigenvalue weighted by molar-refractivity contribution is 0.508. The number of benzene rings is 1. The lowest BCUT2D eigenvalue weighted by Gasteiger charge is -2.12. The second kappa shape index (κ2) is 8.31. The van der Waals surface area contributed by atoms with Crippen LogP contribution in [0.2, 0.25) is 0 Å². The zero-order valence-electron chi connectivity index (χ0n) is 10.5. The van der Waals surface area contributed by atoms with Crippen molar-refractivity contribution in [1.29, 1.82) is 0 Å². The van der Waals surface area contributed by atoms with Gasteiger partial charge in [0, 0.05) is 12.6 Å². The monoisotopic (exact) mass is 220 g/mol. The second-order valence-electron chi connectivity index (χ2n) is 4.36. The van der Waals surface area contributed by atoms with Crippen LogP contribution in [0.15, 0.2) is 30.3 Å². The van der Waals surface area contributed by atoms with Gasteiger partial charge in [-0.2, -0.15) is 0 Å². The van der Waals surface area contributed by atoms with Crippen LogP contribution in [-0.2, 0) is 6.42 Å². The molecule has 2 nitrogen and oxygen atoms in total. The van der Waals surface area contributed by atoms with Crippen LogP contribution in [-0.4, -0.2) is 26.2 Å². The minimum absolute atomic E-state index is 0.571. The quantitative estimate of drug-likeness (QED) is 0.656. The van der Waals surface area contributed by atoms with Gasteiger partial charge >= 0.3 is 0 Å². The molecular weight excluding hydrogens is 196 g/mol. The number of hydrogen-bond donors (Lipinski definition) is 2. The maximum absolute atomic E-state index is 3.51. The molecule has 1 aromatic carbocycles. The number of aryl methyl sites for hydroxylation is 1. The van der Waals surface area contributed by atoms with Gasteiger partial charge in [-0.05, 0) is 45.3 Å². The number of rotatable bonds is 8. The van der Waals surface area contributed by atoms with Crippen LogP contribution < -0.4 is 10.6 Å². The summed E-state index contributed by atoms with van der Waals surface area (Å²) in [6.45, 7) is 4.38. The van der Waals surface area contributed by atoms with Gasteiger partial charge in [0.05, 0.1) is 0 Å². The zero-order valence-corrected chi connectivity index (χ0v) is 10.5. The second-order valence-corrected chi connectivity index (χ2v) is 4.36. The van der Waals surface area contributed by atoms with Crippen molar-refractivity contribution in [3.8, 4) is 0 Å². The van der Waals surface area contributed by atoms with Gasteiger partial charge in [0.1, 0.15) is 0 Å². The maximum atomic E-state index is 3.51. The molecule has 2 N–H and O–H groups in total. The van der Waals surface area contributed by atoms with E-state index < -0.39 is 0 Å². The van der Waals surface area contributed by atoms with E-state index in [0.717, 1.165) is 13.1 Å². The molecule has 0 bridgehead atoms. The smallest absolute Gasteiger partial charge is 0.0164 e. The van der Waals surface area contributed by atoms with Crippen molar-refractivity contribution >= 4 is 0 Å². The van der Waals surface area contributed by atoms with Gasteiger partial charge in [-0.3, -0.25) is 0 Å². The third-order valence-electron chi connectivity index (χ3n) is 2.74. The fourth-order valence-corrected chi connectivity index (χ4v) is 1.83. The van der Waals surface area contributed by atoms with Gasteiger partial charge in [-0.1, -0.05) is 30.3 Å². The minimum Gasteiger partial charge on any atom is -0.318 e. The molecule has 0 radical (unpaired) electrons. The van der Waals surface area contributed by atoms with Crippen LogP contribution in [0.4, 0.5) is 0 Å². The van der Waals surface area contributed by atoms with Gasteiger partial charge in [0.25, 0.3) is 0 Å². The first kappa shape index (κ1) is 13.2. The highest BCUT2D eigenvalue weighted by atomic mass is 15.0. The number of hydrogen-bond acceptors (Lipinski definition) is 2. The Kier molecular flexibility index (Phi) is 6.86. The Morgan fingerprint density at radius 1 is 1.12 bits per heavy atom. The molecule has 1 unspecified atom stereocenters. The summed E-state index contributed by atoms with van der Waals surface area (Å²) in [5.74, 6) is 0. The summed E-state index contributed by atoms with van der Waals surface area (Å²) in [4.78, 5) is 0. The topological polar surface area (TPSA) is 24.1 Å². The summed E-state index contributed by atoms with van der Waals surface area (Å²) in [6, 6.07) is 11.3. The molecule has 0 aromatic heterocycles. The van der Waals surface area contributed by atoms with Gasteiger partial charge in [0.2, 0.25) is 0 Å². The van der Waals surface area contributed by atoms with Crippen LogP contribution in [0.5, 0.6) is 0 Å². The molecule has 0 aliphatic rings. The van der Waals surface area contributed by atoms with E-state index in [0.29, 0.717) is 6.04 Å². The first-order chi connectivity index (χ1) is 7.83. The van der Waals surface area contributed by atoms with Crippen molar-refractivity contribution in [2.75, 3.05) is 20.1 Å². The standard InChI is InChI=1S/C14H24N2/c1-13(12-15-2)16-11-7-6-10-14-8-4-3-5-9-14/h3-5,8-9,13,15-16H,6-7,10-12H2,1-2H3. The molecule has 1 rings (SSSR count). The molecular formula is C14H24N2. The Morgan fingerprint density at radius 2 is 1.88 bits per heavy atom. The Morgan fingerprint density at radius 3 is 2.56 bits per heavy atom. The highest BCUT2D eigenvalue weighted by Crippen LogP contribution is 2.03. The van der Waals surface area contributed by atoms with E-state index >= 15 is 0 Å². The lowest BCUT2D eigenvalue weighted by atomic mass is 10.1. The maximum Gasteiger partial charge on any atom is 0.0164 e. The summed E-state index contributed by atoms with van der Waals surface area (Å²) in [5.41, 5.74) is 1.45. The molecule has 0 aliphatic carbocycles. The van der Waals surface area contributed by atoms with E-state index in [1.807, 2.05) is 7.05 Å². The summed E-state index contributed by atoms with van der Waals surface area (Å²) >= 11 is 0. The minimum atomic E-state index is 0.571. The van der Waals surface area contributed by atoms with Crippen LogP contribution in [0.25, 0.3) is 0 Å². The van der Waals surface area contributed by atoms with Gasteiger partial charge in [-0.25, -0.2) is 0 Å². The molecule has 16 heavy (non-hydrogen) atoms. The average Bonchev–Trinajstić information content (AvgIpc) is 2.30. The Labute approximate surface area is 99.5 Å². The first-order valence-corrected chi connectivity index (χ1v) is 6.25. The molecule has 0 fully saturated rings. The fraction of sp³-hybridized carbons (Fsp3) is 0.571. The van der Waals surface area contributed by atoms with E-state index in [2.05, 4.69) is 47.9 Å². The Balaban J connectivity index is 2.00. The molecule has 0 heterocycles. The highest BCUT2D eigenvalue weighted by Gasteiger charge is 1.98. The SMILES string of the molecule is CNCC(C)NCCCCc1ccccc1. The van der Waals surface area contributed by atoms with Crippen LogP contribution in [0.1, 0.15) is 25.3 Å². The lowest BCUT2D eigenvalue weighted by Crippen LogP contribution is -2.35. The zero-order chi connectivity index (χ0) is 11.6. The van der Waals surface area contributed by atoms with E-state index in [9.17, 15) is 0 Å². The number of unbranched alkanes of at least 4 members (excludes halogenated alkanes) is 1. The molecule has 1 atom stereocenters. The molecule has 1 aromatic rings. The average molecular weight is 220 g/mol. The number of likely N-dealkylation sites (N-methyl/N-ethyl adjacent to an activating group) is 1. The summed E-state index contributed by atoms with van der Waals surface area (Å²) in [7, 11) is 1.99. The van der Waals surface area contributed by atoms with Gasteiger partial charge in [0.15, 0.2) is 0 Å². The molecule has 0 spiro atoms. The predicted molar refractivity (Wildman–Crippen MR) is 70.8 cm³/mol. The third-order valence-corrected chi connectivity index (χ3v) is 2.74. The Hall–Kier alpha value is -0.860. The van der Waals surface area contributed by atoms with E-state index in [1.165, 1.54) is 24.8 Å². The summed E-state index contributed by atoms with van der Waals surface area (Å²) in [5, 5.41) is 6.68. The van der Waals surface area contributed by atoms with Crippen molar-refractivity contribution < 1.29 is 0 Å². The van der Waals surface area contributed by atoms with E-state index in [1.54, 1.807) is 0 Å². The Bertz CT molecular complexity index is 259. The molecule has 2 heteroatoms. The molecule has 0 aliphatic heterocycles. The van der Waals surface area contributed by atoms with E-state index in [4.69, 9.17) is 0 Å². The molecule has 0 saturated heterocycles. The summed E-state index contributed by atoms with van der Waals surface area (Å²) in [6.07, 6.45) is 3.72. The first-order valence-electron chi connectivity index (χ1n) is 6.25.